The van der Waals surface area contributed by atoms with Crippen LogP contribution in [0.15, 0.2) is 53.2 Å². The zero-order valence-corrected chi connectivity index (χ0v) is 15.3. The molecule has 0 spiro atoms. The van der Waals surface area contributed by atoms with Gasteiger partial charge in [0.1, 0.15) is 17.6 Å². The predicted octanol–water partition coefficient (Wildman–Crippen LogP) is 2.53. The molecule has 0 radical (unpaired) electrons. The molecule has 0 bridgehead atoms. The Labute approximate surface area is 156 Å². The first-order chi connectivity index (χ1) is 13.0. The summed E-state index contributed by atoms with van der Waals surface area (Å²) >= 11 is 0. The fourth-order valence-corrected chi connectivity index (χ4v) is 2.75. The normalized spacial score (nSPS) is 12.2. The number of hydrogen-bond donors (Lipinski definition) is 0. The van der Waals surface area contributed by atoms with Crippen LogP contribution in [0, 0.1) is 5.82 Å². The predicted molar refractivity (Wildman–Crippen MR) is 96.8 cm³/mol. The molecule has 1 atom stereocenters. The molecule has 8 heteroatoms. The molecule has 0 aliphatic heterocycles. The van der Waals surface area contributed by atoms with Crippen molar-refractivity contribution in [1.29, 1.82) is 0 Å². The summed E-state index contributed by atoms with van der Waals surface area (Å²) in [5, 5.41) is 3.90. The highest BCUT2D eigenvalue weighted by molar-refractivity contribution is 5.83. The molecule has 0 fully saturated rings. The second-order valence-electron chi connectivity index (χ2n) is 6.34. The molecule has 140 valence electrons. The van der Waals surface area contributed by atoms with Crippen LogP contribution in [0.1, 0.15) is 17.5 Å². The molecule has 3 rings (SSSR count). The van der Waals surface area contributed by atoms with Gasteiger partial charge in [0.15, 0.2) is 0 Å². The van der Waals surface area contributed by atoms with Crippen LogP contribution in [-0.2, 0) is 11.3 Å². The minimum Gasteiger partial charge on any atom is -0.337 e. The smallest absolute Gasteiger partial charge is 0.246 e. The molecule has 1 aromatic carbocycles. The summed E-state index contributed by atoms with van der Waals surface area (Å²) < 4.78 is 18.8. The van der Waals surface area contributed by atoms with E-state index in [1.807, 2.05) is 6.07 Å². The monoisotopic (exact) mass is 369 g/mol. The number of nitrogens with zero attached hydrogens (tertiary/aromatic N) is 5. The van der Waals surface area contributed by atoms with Crippen LogP contribution in [0.4, 0.5) is 4.39 Å². The first-order valence-electron chi connectivity index (χ1n) is 8.36. The van der Waals surface area contributed by atoms with E-state index >= 15 is 0 Å². The van der Waals surface area contributed by atoms with Gasteiger partial charge in [-0.3, -0.25) is 14.7 Å². The Bertz CT molecular complexity index is 913. The van der Waals surface area contributed by atoms with Crippen molar-refractivity contribution in [3.8, 4) is 11.5 Å². The number of amides is 1. The highest BCUT2D eigenvalue weighted by Gasteiger charge is 2.27. The largest absolute Gasteiger partial charge is 0.337 e. The van der Waals surface area contributed by atoms with Crippen LogP contribution in [-0.4, -0.2) is 52.0 Å². The van der Waals surface area contributed by atoms with E-state index in [-0.39, 0.29) is 18.3 Å². The lowest BCUT2D eigenvalue weighted by atomic mass is 10.0. The summed E-state index contributed by atoms with van der Waals surface area (Å²) in [6, 6.07) is 10.8. The van der Waals surface area contributed by atoms with Crippen LogP contribution in [0.25, 0.3) is 11.5 Å². The molecule has 0 saturated heterocycles. The Hall–Kier alpha value is -3.13. The summed E-state index contributed by atoms with van der Waals surface area (Å²) in [6.45, 7) is 0.137. The highest BCUT2D eigenvalue weighted by atomic mass is 19.1. The number of rotatable bonds is 6. The van der Waals surface area contributed by atoms with Gasteiger partial charge in [-0.1, -0.05) is 23.4 Å². The Kier molecular flexibility index (Phi) is 5.56. The fraction of sp³-hybridized carbons (Fsp3) is 0.263. The second-order valence-corrected chi connectivity index (χ2v) is 6.34. The summed E-state index contributed by atoms with van der Waals surface area (Å²) in [5.74, 6) is 0.0684. The molecule has 0 saturated carbocycles. The standard InChI is InChI=1S/C19H20FN5O2/c1-24(2)17(13-7-6-8-14(20)11-13)19(26)25(3)12-16-22-18(23-27-16)15-9-4-5-10-21-15/h4-11,17H,12H2,1-3H3. The molecule has 3 aromatic rings. The first-order valence-corrected chi connectivity index (χ1v) is 8.36. The zero-order chi connectivity index (χ0) is 19.4. The van der Waals surface area contributed by atoms with Crippen LogP contribution in [0.2, 0.25) is 0 Å². The van der Waals surface area contributed by atoms with Gasteiger partial charge in [0, 0.05) is 13.2 Å². The van der Waals surface area contributed by atoms with Crippen LogP contribution < -0.4 is 0 Å². The van der Waals surface area contributed by atoms with Gasteiger partial charge in [-0.05, 0) is 43.9 Å². The van der Waals surface area contributed by atoms with Crippen molar-refractivity contribution in [1.82, 2.24) is 24.9 Å². The minimum atomic E-state index is -0.621. The van der Waals surface area contributed by atoms with Gasteiger partial charge in [-0.2, -0.15) is 4.98 Å². The number of carbonyl (C=O) groups is 1. The number of likely N-dealkylation sites (N-methyl/N-ethyl adjacent to an activating group) is 2. The molecule has 0 aliphatic carbocycles. The number of hydrogen-bond acceptors (Lipinski definition) is 6. The molecule has 1 amide bonds. The van der Waals surface area contributed by atoms with Gasteiger partial charge in [0.05, 0.1) is 6.54 Å². The molecule has 2 aromatic heterocycles. The Morgan fingerprint density at radius 2 is 2.00 bits per heavy atom. The molecule has 0 aliphatic rings. The molecular formula is C19H20FN5O2. The quantitative estimate of drug-likeness (QED) is 0.665. The van der Waals surface area contributed by atoms with Gasteiger partial charge in [0.2, 0.25) is 17.6 Å². The van der Waals surface area contributed by atoms with Crippen molar-refractivity contribution in [2.24, 2.45) is 0 Å². The van der Waals surface area contributed by atoms with Crippen molar-refractivity contribution in [2.75, 3.05) is 21.1 Å². The third-order valence-electron chi connectivity index (χ3n) is 4.03. The van der Waals surface area contributed by atoms with Gasteiger partial charge >= 0.3 is 0 Å². The van der Waals surface area contributed by atoms with Gasteiger partial charge in [-0.15, -0.1) is 0 Å². The second kappa shape index (κ2) is 8.05. The lowest BCUT2D eigenvalue weighted by molar-refractivity contribution is -0.135. The van der Waals surface area contributed by atoms with Crippen molar-refractivity contribution in [3.05, 3.63) is 65.9 Å². The lowest BCUT2D eigenvalue weighted by Crippen LogP contribution is -2.38. The van der Waals surface area contributed by atoms with Crippen LogP contribution in [0.3, 0.4) is 0 Å². The maximum Gasteiger partial charge on any atom is 0.246 e. The average molecular weight is 369 g/mol. The molecule has 27 heavy (non-hydrogen) atoms. The van der Waals surface area contributed by atoms with E-state index in [9.17, 15) is 9.18 Å². The summed E-state index contributed by atoms with van der Waals surface area (Å²) in [4.78, 5) is 24.6. The maximum atomic E-state index is 13.6. The van der Waals surface area contributed by atoms with Crippen molar-refractivity contribution >= 4 is 5.91 Å². The van der Waals surface area contributed by atoms with Crippen LogP contribution in [0.5, 0.6) is 0 Å². The Morgan fingerprint density at radius 1 is 1.19 bits per heavy atom. The average Bonchev–Trinajstić information content (AvgIpc) is 3.11. The van der Waals surface area contributed by atoms with Crippen LogP contribution >= 0.6 is 0 Å². The number of pyridine rings is 1. The molecule has 0 N–H and O–H groups in total. The molecule has 7 nitrogen and oxygen atoms in total. The number of halogens is 1. The number of aromatic nitrogens is 3. The zero-order valence-electron chi connectivity index (χ0n) is 15.3. The van der Waals surface area contributed by atoms with E-state index in [0.29, 0.717) is 23.0 Å². The first kappa shape index (κ1) is 18.7. The summed E-state index contributed by atoms with van der Waals surface area (Å²) in [7, 11) is 5.18. The minimum absolute atomic E-state index is 0.137. The Balaban J connectivity index is 1.75. The third-order valence-corrected chi connectivity index (χ3v) is 4.03. The number of benzene rings is 1. The van der Waals surface area contributed by atoms with Crippen molar-refractivity contribution in [3.63, 3.8) is 0 Å². The fourth-order valence-electron chi connectivity index (χ4n) is 2.75. The van der Waals surface area contributed by atoms with Gasteiger partial charge in [0.25, 0.3) is 0 Å². The maximum absolute atomic E-state index is 13.6. The molecule has 2 heterocycles. The van der Waals surface area contributed by atoms with E-state index in [0.717, 1.165) is 0 Å². The highest BCUT2D eigenvalue weighted by Crippen LogP contribution is 2.22. The molecule has 1 unspecified atom stereocenters. The van der Waals surface area contributed by atoms with E-state index in [1.54, 1.807) is 56.5 Å². The lowest BCUT2D eigenvalue weighted by Gasteiger charge is -2.28. The van der Waals surface area contributed by atoms with E-state index in [4.69, 9.17) is 4.52 Å². The topological polar surface area (TPSA) is 75.4 Å². The van der Waals surface area contributed by atoms with Gasteiger partial charge < -0.3 is 9.42 Å². The summed E-state index contributed by atoms with van der Waals surface area (Å²) in [5.41, 5.74) is 1.17. The van der Waals surface area contributed by atoms with Crippen molar-refractivity contribution in [2.45, 2.75) is 12.6 Å². The van der Waals surface area contributed by atoms with E-state index < -0.39 is 6.04 Å². The SMILES string of the molecule is CN(Cc1nc(-c2ccccn2)no1)C(=O)C(c1cccc(F)c1)N(C)C. The van der Waals surface area contributed by atoms with E-state index in [2.05, 4.69) is 15.1 Å². The summed E-state index contributed by atoms with van der Waals surface area (Å²) in [6.07, 6.45) is 1.64. The van der Waals surface area contributed by atoms with Gasteiger partial charge in [-0.25, -0.2) is 4.39 Å². The third kappa shape index (κ3) is 4.35. The Morgan fingerprint density at radius 3 is 2.67 bits per heavy atom. The van der Waals surface area contributed by atoms with E-state index in [1.165, 1.54) is 17.0 Å². The number of carbonyl (C=O) groups excluding carboxylic acids is 1. The van der Waals surface area contributed by atoms with Crippen molar-refractivity contribution < 1.29 is 13.7 Å². The molecular weight excluding hydrogens is 349 g/mol.